The molecule has 0 spiro atoms. The van der Waals surface area contributed by atoms with E-state index in [-0.39, 0.29) is 12.8 Å². The van der Waals surface area contributed by atoms with Gasteiger partial charge in [0.1, 0.15) is 5.82 Å². The molecule has 0 radical (unpaired) electrons. The van der Waals surface area contributed by atoms with E-state index in [0.717, 1.165) is 89.3 Å². The highest BCUT2D eigenvalue weighted by molar-refractivity contribution is 7.26. The van der Waals surface area contributed by atoms with E-state index in [1.807, 2.05) is 108 Å². The molecule has 0 saturated carbocycles. The average Bonchev–Trinajstić information content (AvgIpc) is 1.53. The minimum Gasteiger partial charge on any atom is -0.309 e. The van der Waals surface area contributed by atoms with Gasteiger partial charge in [0.05, 0.1) is 54.5 Å². The highest BCUT2D eigenvalue weighted by Crippen LogP contribution is 2.53. The maximum atomic E-state index is 5.30. The molecule has 8 heterocycles. The smallest absolute Gasteiger partial charge is 0.238 e. The molecule has 0 saturated heterocycles. The number of hydrogen-bond acceptors (Lipinski definition) is 8. The fourth-order valence-electron chi connectivity index (χ4n) is 20.1. The van der Waals surface area contributed by atoms with Crippen LogP contribution in [0.1, 0.15) is 32.4 Å². The number of thiophene rings is 1. The largest absolute Gasteiger partial charge is 0.309 e. The summed E-state index contributed by atoms with van der Waals surface area (Å²) in [5, 5.41) is 14.8. The Kier molecular flexibility index (Phi) is 19.4. The molecular formula is C121H83N11S. The molecule has 8 aromatic heterocycles. The van der Waals surface area contributed by atoms with Gasteiger partial charge in [-0.25, -0.2) is 24.9 Å². The summed E-state index contributed by atoms with van der Waals surface area (Å²) in [5.74, 6) is 4.74. The molecule has 18 aromatic carbocycles. The molecule has 11 nitrogen and oxygen atoms in total. The van der Waals surface area contributed by atoms with Crippen molar-refractivity contribution < 1.29 is 0 Å². The monoisotopic (exact) mass is 1720 g/mol. The summed E-state index contributed by atoms with van der Waals surface area (Å²) in [6.07, 6.45) is 0. The topological polar surface area (TPSA) is 110 Å². The fourth-order valence-corrected chi connectivity index (χ4v) is 21.4. The number of hydrogen-bond donors (Lipinski definition) is 0. The zero-order valence-corrected chi connectivity index (χ0v) is 72.8. The Morgan fingerprint density at radius 2 is 0.617 bits per heavy atom. The highest BCUT2D eigenvalue weighted by Gasteiger charge is 2.37. The number of para-hydroxylation sites is 5. The van der Waals surface area contributed by atoms with Crippen LogP contribution in [-0.4, -0.2) is 53.2 Å². The number of benzene rings is 18. The molecule has 1 aliphatic rings. The van der Waals surface area contributed by atoms with Crippen molar-refractivity contribution >= 4 is 130 Å². The van der Waals surface area contributed by atoms with Gasteiger partial charge in [-0.05, 0) is 135 Å². The Hall–Kier alpha value is -17.2. The summed E-state index contributed by atoms with van der Waals surface area (Å²) in [5.41, 5.74) is 25.9. The third-order valence-electron chi connectivity index (χ3n) is 26.2. The van der Waals surface area contributed by atoms with Crippen LogP contribution in [0.2, 0.25) is 0 Å². The summed E-state index contributed by atoms with van der Waals surface area (Å²) >= 11 is 1.87. The highest BCUT2D eigenvalue weighted by atomic mass is 32.1. The molecule has 0 fully saturated rings. The second-order valence-electron chi connectivity index (χ2n) is 34.2. The molecule has 0 aliphatic heterocycles. The van der Waals surface area contributed by atoms with Crippen molar-refractivity contribution in [3.8, 4) is 114 Å². The van der Waals surface area contributed by atoms with Crippen LogP contribution < -0.4 is 0 Å². The first-order valence-electron chi connectivity index (χ1n) is 44.7. The Morgan fingerprint density at radius 3 is 1.16 bits per heavy atom. The number of nitrogens with zero attached hydrogens (tertiary/aromatic N) is 11. The van der Waals surface area contributed by atoms with Crippen molar-refractivity contribution in [1.82, 2.24) is 53.2 Å². The first-order chi connectivity index (χ1) is 65.3. The van der Waals surface area contributed by atoms with Crippen LogP contribution >= 0.6 is 11.3 Å². The second-order valence-corrected chi connectivity index (χ2v) is 35.2. The lowest BCUT2D eigenvalue weighted by atomic mass is 9.82. The molecule has 0 bridgehead atoms. The summed E-state index contributed by atoms with van der Waals surface area (Å²) in [7, 11) is 0. The van der Waals surface area contributed by atoms with Crippen LogP contribution in [0, 0.1) is 0 Å². The van der Waals surface area contributed by atoms with E-state index in [4.69, 9.17) is 34.9 Å². The van der Waals surface area contributed by atoms with Gasteiger partial charge in [-0.2, -0.15) is 9.97 Å². The number of fused-ring (bicyclic) bond motifs is 23. The van der Waals surface area contributed by atoms with Crippen LogP contribution in [0.4, 0.5) is 0 Å². The normalized spacial score (nSPS) is 12.1. The third kappa shape index (κ3) is 13.4. The summed E-state index contributed by atoms with van der Waals surface area (Å²) in [6, 6.07) is 156. The standard InChI is InChI=1S/C43H27N5.C42H30N4.C35H22N2S.CH4/c1-4-16-28(17-5-1)41-44-42(29-18-6-2-7-19-29)46-43(45-41)48-36-27-15-13-25-34(36)38-32-23-11-10-22-31(32)37-33-24-12-14-26-35(33)47(39(37)40(38)48)30-20-8-3-9-21-30;1-42(2)35-19-11-9-17-31(35)33-26-38-34(25-36(33)42)32-18-10-12-20-37(32)46(38)30-23-21-29(22-24-30)41-44-39(27-13-5-3-6-14-27)43-40(45-41)28-15-7-4-8-16-28;1-3-11-23(12-4-1)25-21-30(24-13-5-2-6-14-24)36-33(22-25)37-31-17-9-7-15-26(31)28-19-20-29-27-16-8-10-18-32(27)38-35(29)34(28)37;/h1-27H;3-26H,1-2H3;1-22H;1H4. The van der Waals surface area contributed by atoms with Gasteiger partial charge in [-0.3, -0.25) is 9.13 Å². The summed E-state index contributed by atoms with van der Waals surface area (Å²) < 4.78 is 12.0. The lowest BCUT2D eigenvalue weighted by Gasteiger charge is -2.21. The van der Waals surface area contributed by atoms with Crippen LogP contribution in [-0.2, 0) is 5.41 Å². The predicted molar refractivity (Wildman–Crippen MR) is 554 cm³/mol. The molecule has 628 valence electrons. The molecule has 0 atom stereocenters. The molecule has 133 heavy (non-hydrogen) atoms. The van der Waals surface area contributed by atoms with E-state index in [1.165, 1.54) is 119 Å². The van der Waals surface area contributed by atoms with Gasteiger partial charge in [0, 0.05) is 109 Å². The van der Waals surface area contributed by atoms with Crippen molar-refractivity contribution in [2.24, 2.45) is 0 Å². The van der Waals surface area contributed by atoms with E-state index >= 15 is 0 Å². The first kappa shape index (κ1) is 79.2. The van der Waals surface area contributed by atoms with Gasteiger partial charge in [-0.15, -0.1) is 11.3 Å². The lowest BCUT2D eigenvalue weighted by molar-refractivity contribution is 0.661. The van der Waals surface area contributed by atoms with Gasteiger partial charge in [0.15, 0.2) is 29.1 Å². The van der Waals surface area contributed by atoms with E-state index in [0.29, 0.717) is 35.1 Å². The fraction of sp³-hybridized carbons (Fsp3) is 0.0331. The van der Waals surface area contributed by atoms with E-state index in [9.17, 15) is 0 Å². The van der Waals surface area contributed by atoms with E-state index in [1.54, 1.807) is 0 Å². The Balaban J connectivity index is 0.000000110. The number of aromatic nitrogens is 11. The van der Waals surface area contributed by atoms with Crippen LogP contribution in [0.3, 0.4) is 0 Å². The van der Waals surface area contributed by atoms with E-state index in [2.05, 4.69) is 378 Å². The van der Waals surface area contributed by atoms with Crippen molar-refractivity contribution in [1.29, 1.82) is 0 Å². The van der Waals surface area contributed by atoms with Gasteiger partial charge in [0.2, 0.25) is 5.95 Å². The average molecular weight is 1720 g/mol. The molecular weight excluding hydrogens is 1640 g/mol. The summed E-state index contributed by atoms with van der Waals surface area (Å²) in [6.45, 7) is 4.68. The maximum Gasteiger partial charge on any atom is 0.238 e. The molecule has 0 N–H and O–H groups in total. The molecule has 0 unspecified atom stereocenters. The third-order valence-corrected chi connectivity index (χ3v) is 27.4. The van der Waals surface area contributed by atoms with Crippen molar-refractivity contribution in [3.63, 3.8) is 0 Å². The molecule has 0 amide bonds. The van der Waals surface area contributed by atoms with Crippen LogP contribution in [0.5, 0.6) is 0 Å². The first-order valence-corrected chi connectivity index (χ1v) is 45.5. The molecule has 27 rings (SSSR count). The molecule has 1 aliphatic carbocycles. The Morgan fingerprint density at radius 1 is 0.226 bits per heavy atom. The van der Waals surface area contributed by atoms with Crippen molar-refractivity contribution in [2.75, 3.05) is 0 Å². The predicted octanol–water partition coefficient (Wildman–Crippen LogP) is 31.3. The van der Waals surface area contributed by atoms with Gasteiger partial charge in [-0.1, -0.05) is 373 Å². The van der Waals surface area contributed by atoms with E-state index < -0.39 is 0 Å². The van der Waals surface area contributed by atoms with Gasteiger partial charge in [0.25, 0.3) is 0 Å². The van der Waals surface area contributed by atoms with Crippen molar-refractivity contribution in [2.45, 2.75) is 26.7 Å². The zero-order chi connectivity index (χ0) is 87.5. The summed E-state index contributed by atoms with van der Waals surface area (Å²) in [4.78, 5) is 35.5. The van der Waals surface area contributed by atoms with Crippen LogP contribution in [0.25, 0.3) is 232 Å². The second kappa shape index (κ2) is 32.5. The van der Waals surface area contributed by atoms with Crippen molar-refractivity contribution in [3.05, 3.63) is 454 Å². The Labute approximate surface area is 771 Å². The minimum atomic E-state index is -0.0489. The Bertz CT molecular complexity index is 8850. The van der Waals surface area contributed by atoms with Gasteiger partial charge < -0.3 is 9.13 Å². The zero-order valence-electron chi connectivity index (χ0n) is 72.0. The minimum absolute atomic E-state index is 0. The molecule has 12 heteroatoms. The maximum absolute atomic E-state index is 5.30. The number of pyridine rings is 1. The number of rotatable bonds is 11. The SMILES string of the molecule is C.CC1(C)c2ccccc2-c2cc3c(cc21)c1ccccc1n3-c1ccc(-c2nc(-c3ccccc3)nc(-c3ccccc3)n2)cc1.c1ccc(-c2cc(-c3ccccc3)nc(-n3c4ccccc4c4ccc5c6ccccc6sc5c43)c2)cc1.c1ccc(-c2nc(-c3ccccc3)nc(-n3c4ccccc4c4c5ccccc5c5c6ccccc6n(-c6ccccc6)c5c43)n2)cc1. The lowest BCUT2D eigenvalue weighted by Crippen LogP contribution is -2.14. The van der Waals surface area contributed by atoms with Crippen LogP contribution in [0.15, 0.2) is 443 Å². The molecule has 26 aromatic rings. The quantitative estimate of drug-likeness (QED) is 0.127. The van der Waals surface area contributed by atoms with Gasteiger partial charge >= 0.3 is 0 Å².